The molecule has 0 aliphatic rings. The van der Waals surface area contributed by atoms with Crippen molar-refractivity contribution in [3.05, 3.63) is 22.2 Å². The first kappa shape index (κ1) is 11.8. The normalized spacial score (nSPS) is 12.1. The molecule has 3 heterocycles. The SMILES string of the molecule is O=S(=O)(Nc1nncs1)c1c(Cl)nc2sccn12. The topological polar surface area (TPSA) is 89.2 Å². The lowest BCUT2D eigenvalue weighted by Gasteiger charge is -2.03. The van der Waals surface area contributed by atoms with Gasteiger partial charge in [0.2, 0.25) is 5.13 Å². The molecule has 94 valence electrons. The van der Waals surface area contributed by atoms with Crippen molar-refractivity contribution < 1.29 is 8.42 Å². The number of anilines is 1. The molecule has 3 rings (SSSR count). The van der Waals surface area contributed by atoms with E-state index >= 15 is 0 Å². The number of sulfonamides is 1. The fourth-order valence-corrected chi connectivity index (χ4v) is 4.51. The Kier molecular flexibility index (Phi) is 2.73. The van der Waals surface area contributed by atoms with Gasteiger partial charge >= 0.3 is 0 Å². The van der Waals surface area contributed by atoms with Crippen LogP contribution in [0.25, 0.3) is 4.96 Å². The van der Waals surface area contributed by atoms with E-state index in [0.717, 1.165) is 11.3 Å². The molecule has 18 heavy (non-hydrogen) atoms. The summed E-state index contributed by atoms with van der Waals surface area (Å²) in [5.41, 5.74) is 1.43. The van der Waals surface area contributed by atoms with E-state index in [1.54, 1.807) is 11.6 Å². The van der Waals surface area contributed by atoms with Crippen molar-refractivity contribution in [3.8, 4) is 0 Å². The molecule has 0 aliphatic heterocycles. The summed E-state index contributed by atoms with van der Waals surface area (Å²) in [7, 11) is -3.83. The molecule has 0 bridgehead atoms. The lowest BCUT2D eigenvalue weighted by Crippen LogP contribution is -2.15. The van der Waals surface area contributed by atoms with Gasteiger partial charge in [0.1, 0.15) is 5.51 Å². The Morgan fingerprint density at radius 3 is 2.94 bits per heavy atom. The molecule has 3 aromatic heterocycles. The van der Waals surface area contributed by atoms with E-state index in [1.807, 2.05) is 0 Å². The van der Waals surface area contributed by atoms with E-state index in [2.05, 4.69) is 19.9 Å². The molecular weight excluding hydrogens is 318 g/mol. The van der Waals surface area contributed by atoms with Crippen LogP contribution >= 0.6 is 34.3 Å². The largest absolute Gasteiger partial charge is 0.282 e. The average Bonchev–Trinajstić information content (AvgIpc) is 2.92. The number of thiazole rings is 1. The minimum absolute atomic E-state index is 0.0705. The molecule has 0 unspecified atom stereocenters. The zero-order valence-electron chi connectivity index (χ0n) is 8.44. The predicted molar refractivity (Wildman–Crippen MR) is 68.8 cm³/mol. The van der Waals surface area contributed by atoms with Gasteiger partial charge < -0.3 is 0 Å². The van der Waals surface area contributed by atoms with Crippen LogP contribution in [0.5, 0.6) is 0 Å². The lowest BCUT2D eigenvalue weighted by atomic mass is 10.9. The van der Waals surface area contributed by atoms with Crippen LogP contribution in [0.15, 0.2) is 22.1 Å². The molecule has 0 radical (unpaired) electrons. The molecule has 11 heteroatoms. The molecule has 0 amide bonds. The highest BCUT2D eigenvalue weighted by Crippen LogP contribution is 2.27. The van der Waals surface area contributed by atoms with Crippen molar-refractivity contribution in [2.75, 3.05) is 4.72 Å². The van der Waals surface area contributed by atoms with Crippen molar-refractivity contribution >= 4 is 54.4 Å². The third-order valence-corrected chi connectivity index (χ3v) is 5.24. The highest BCUT2D eigenvalue weighted by Gasteiger charge is 2.25. The van der Waals surface area contributed by atoms with Crippen molar-refractivity contribution in [2.45, 2.75) is 5.03 Å². The zero-order valence-corrected chi connectivity index (χ0v) is 11.6. The molecule has 0 spiro atoms. The fraction of sp³-hybridized carbons (Fsp3) is 0. The molecule has 0 atom stereocenters. The Labute approximate surface area is 114 Å². The molecule has 0 aromatic carbocycles. The Morgan fingerprint density at radius 1 is 1.39 bits per heavy atom. The third-order valence-electron chi connectivity index (χ3n) is 2.01. The van der Waals surface area contributed by atoms with E-state index in [4.69, 9.17) is 11.6 Å². The van der Waals surface area contributed by atoms with Crippen LogP contribution in [0.3, 0.4) is 0 Å². The summed E-state index contributed by atoms with van der Waals surface area (Å²) in [6.07, 6.45) is 1.59. The number of fused-ring (bicyclic) bond motifs is 1. The first-order chi connectivity index (χ1) is 8.58. The van der Waals surface area contributed by atoms with Gasteiger partial charge in [-0.25, -0.2) is 4.98 Å². The van der Waals surface area contributed by atoms with Crippen LogP contribution in [-0.2, 0) is 10.0 Å². The fourth-order valence-electron chi connectivity index (χ4n) is 1.36. The second-order valence-corrected chi connectivity index (χ2v) is 6.77. The minimum atomic E-state index is -3.83. The summed E-state index contributed by atoms with van der Waals surface area (Å²) < 4.78 is 28.1. The molecule has 3 aromatic rings. The zero-order chi connectivity index (χ0) is 12.8. The second kappa shape index (κ2) is 4.16. The van der Waals surface area contributed by atoms with Crippen LogP contribution in [0, 0.1) is 0 Å². The summed E-state index contributed by atoms with van der Waals surface area (Å²) in [5.74, 6) is 0. The summed E-state index contributed by atoms with van der Waals surface area (Å²) in [6.45, 7) is 0. The lowest BCUT2D eigenvalue weighted by molar-refractivity contribution is 0.596. The van der Waals surface area contributed by atoms with Crippen molar-refractivity contribution in [1.29, 1.82) is 0 Å². The van der Waals surface area contributed by atoms with Gasteiger partial charge in [-0.1, -0.05) is 22.9 Å². The van der Waals surface area contributed by atoms with Gasteiger partial charge in [-0.3, -0.25) is 9.12 Å². The van der Waals surface area contributed by atoms with Crippen LogP contribution in [0.1, 0.15) is 0 Å². The van der Waals surface area contributed by atoms with Gasteiger partial charge in [-0.15, -0.1) is 21.5 Å². The molecule has 0 saturated heterocycles. The van der Waals surface area contributed by atoms with Crippen LogP contribution in [0.4, 0.5) is 5.13 Å². The second-order valence-electron chi connectivity index (χ2n) is 3.11. The first-order valence-electron chi connectivity index (χ1n) is 4.48. The van der Waals surface area contributed by atoms with E-state index in [1.165, 1.54) is 21.2 Å². The number of nitrogens with one attached hydrogen (secondary N) is 1. The average molecular weight is 322 g/mol. The maximum atomic E-state index is 12.2. The molecule has 7 nitrogen and oxygen atoms in total. The minimum Gasteiger partial charge on any atom is -0.278 e. The van der Waals surface area contributed by atoms with Crippen molar-refractivity contribution in [2.24, 2.45) is 0 Å². The maximum Gasteiger partial charge on any atom is 0.282 e. The van der Waals surface area contributed by atoms with E-state index in [9.17, 15) is 8.42 Å². The number of imidazole rings is 1. The highest BCUT2D eigenvalue weighted by molar-refractivity contribution is 7.93. The van der Waals surface area contributed by atoms with Gasteiger partial charge in [0.05, 0.1) is 0 Å². The number of hydrogen-bond donors (Lipinski definition) is 1. The number of rotatable bonds is 3. The summed E-state index contributed by atoms with van der Waals surface area (Å²) in [5, 5.41) is 8.90. The van der Waals surface area contributed by atoms with Gasteiger partial charge in [0.25, 0.3) is 10.0 Å². The smallest absolute Gasteiger partial charge is 0.278 e. The standard InChI is InChI=1S/C7H4ClN5O2S3/c8-4-5(13-1-2-16-7(13)10-4)18(14,15)12-6-11-9-3-17-6/h1-3H,(H,11,12). The summed E-state index contributed by atoms with van der Waals surface area (Å²) >= 11 is 8.23. The van der Waals surface area contributed by atoms with Crippen LogP contribution < -0.4 is 4.72 Å². The highest BCUT2D eigenvalue weighted by atomic mass is 35.5. The van der Waals surface area contributed by atoms with E-state index in [-0.39, 0.29) is 15.3 Å². The first-order valence-corrected chi connectivity index (χ1v) is 8.10. The monoisotopic (exact) mass is 321 g/mol. The Hall–Kier alpha value is -1.23. The molecule has 0 fully saturated rings. The molecule has 1 N–H and O–H groups in total. The molecule has 0 aliphatic carbocycles. The van der Waals surface area contributed by atoms with Gasteiger partial charge in [0.15, 0.2) is 15.1 Å². The van der Waals surface area contributed by atoms with Gasteiger partial charge in [0, 0.05) is 11.6 Å². The quantitative estimate of drug-likeness (QED) is 0.793. The number of hydrogen-bond acceptors (Lipinski definition) is 7. The van der Waals surface area contributed by atoms with E-state index in [0.29, 0.717) is 4.96 Å². The number of nitrogens with zero attached hydrogens (tertiary/aromatic N) is 4. The maximum absolute atomic E-state index is 12.2. The summed E-state index contributed by atoms with van der Waals surface area (Å²) in [4.78, 5) is 4.48. The molecular formula is C7H4ClN5O2S3. The Bertz CT molecular complexity index is 790. The number of halogens is 1. The Morgan fingerprint density at radius 2 is 2.22 bits per heavy atom. The predicted octanol–water partition coefficient (Wildman–Crippen LogP) is 1.70. The summed E-state index contributed by atoms with van der Waals surface area (Å²) in [6, 6.07) is 0. The third kappa shape index (κ3) is 1.86. The van der Waals surface area contributed by atoms with Gasteiger partial charge in [-0.05, 0) is 0 Å². The van der Waals surface area contributed by atoms with E-state index < -0.39 is 10.0 Å². The molecule has 0 saturated carbocycles. The number of aromatic nitrogens is 4. The van der Waals surface area contributed by atoms with Crippen LogP contribution in [-0.4, -0.2) is 28.0 Å². The Balaban J connectivity index is 2.13. The van der Waals surface area contributed by atoms with Gasteiger partial charge in [-0.2, -0.15) is 8.42 Å². The van der Waals surface area contributed by atoms with Crippen molar-refractivity contribution in [3.63, 3.8) is 0 Å². The van der Waals surface area contributed by atoms with Crippen molar-refractivity contribution in [1.82, 2.24) is 19.6 Å². The van der Waals surface area contributed by atoms with Crippen LogP contribution in [0.2, 0.25) is 5.15 Å².